The zero-order chi connectivity index (χ0) is 23.8. The molecule has 6 rings (SSSR count). The van der Waals surface area contributed by atoms with Crippen LogP contribution in [-0.2, 0) is 14.5 Å². The average molecular weight is 479 g/mol. The minimum atomic E-state index is -1.21. The van der Waals surface area contributed by atoms with Crippen molar-refractivity contribution in [2.75, 3.05) is 35.4 Å². The first kappa shape index (κ1) is 21.4. The molecular formula is C26H26N2O5S. The van der Waals surface area contributed by atoms with Crippen LogP contribution >= 0.6 is 11.8 Å². The fourth-order valence-electron chi connectivity index (χ4n) is 5.57. The number of allylic oxidation sites excluding steroid dienone is 1. The number of ether oxygens (including phenoxy) is 3. The highest BCUT2D eigenvalue weighted by Crippen LogP contribution is 2.61. The third-order valence-electron chi connectivity index (χ3n) is 6.80. The number of hydrogen-bond donors (Lipinski definition) is 0. The van der Waals surface area contributed by atoms with Gasteiger partial charge < -0.3 is 14.2 Å². The molecule has 176 valence electrons. The van der Waals surface area contributed by atoms with E-state index in [2.05, 4.69) is 13.0 Å². The van der Waals surface area contributed by atoms with E-state index < -0.39 is 10.4 Å². The lowest BCUT2D eigenvalue weighted by atomic mass is 9.89. The Morgan fingerprint density at radius 3 is 2.59 bits per heavy atom. The Morgan fingerprint density at radius 1 is 1.06 bits per heavy atom. The summed E-state index contributed by atoms with van der Waals surface area (Å²) in [7, 11) is 0. The van der Waals surface area contributed by atoms with Crippen molar-refractivity contribution in [3.8, 4) is 17.2 Å². The molecule has 4 aliphatic heterocycles. The average Bonchev–Trinajstić information content (AvgIpc) is 3.28. The molecule has 1 spiro atoms. The normalized spacial score (nSPS) is 23.9. The predicted octanol–water partition coefficient (Wildman–Crippen LogP) is 4.33. The maximum atomic E-state index is 14.4. The third-order valence-corrected chi connectivity index (χ3v) is 8.19. The summed E-state index contributed by atoms with van der Waals surface area (Å²) < 4.78 is 17.4. The van der Waals surface area contributed by atoms with Crippen LogP contribution in [0.2, 0.25) is 0 Å². The molecule has 0 aliphatic carbocycles. The van der Waals surface area contributed by atoms with Crippen molar-refractivity contribution < 1.29 is 23.8 Å². The lowest BCUT2D eigenvalue weighted by molar-refractivity contribution is -0.124. The Hall–Kier alpha value is -3.13. The van der Waals surface area contributed by atoms with Gasteiger partial charge in [0.2, 0.25) is 10.8 Å². The molecular weight excluding hydrogens is 452 g/mol. The van der Waals surface area contributed by atoms with E-state index in [9.17, 15) is 9.59 Å². The predicted molar refractivity (Wildman–Crippen MR) is 132 cm³/mol. The van der Waals surface area contributed by atoms with Crippen LogP contribution < -0.4 is 24.0 Å². The van der Waals surface area contributed by atoms with Gasteiger partial charge in [-0.25, -0.2) is 0 Å². The standard InChI is InChI=1S/C26H26N2O5S/c1-5-31-17-11-18-15(2)13-25(3,4)28-23(18)19(12-17)26(24(28)30)27(22(29)14-34-26)16-6-7-20-21(10-16)33-9-8-32-20/h6-7,10-13H,5,8-9,14H2,1-4H3. The van der Waals surface area contributed by atoms with Gasteiger partial charge in [0.15, 0.2) is 11.5 Å². The first-order valence-corrected chi connectivity index (χ1v) is 12.5. The Kier molecular flexibility index (Phi) is 4.52. The second kappa shape index (κ2) is 7.18. The van der Waals surface area contributed by atoms with E-state index in [0.717, 1.165) is 22.4 Å². The smallest absolute Gasteiger partial charge is 0.269 e. The summed E-state index contributed by atoms with van der Waals surface area (Å²) >= 11 is 1.37. The number of amides is 2. The van der Waals surface area contributed by atoms with Gasteiger partial charge in [0.05, 0.1) is 23.6 Å². The number of hydrogen-bond acceptors (Lipinski definition) is 6. The van der Waals surface area contributed by atoms with Crippen LogP contribution in [0.4, 0.5) is 11.4 Å². The summed E-state index contributed by atoms with van der Waals surface area (Å²) in [5, 5.41) is 0. The summed E-state index contributed by atoms with van der Waals surface area (Å²) in [6, 6.07) is 9.37. The van der Waals surface area contributed by atoms with E-state index >= 15 is 0 Å². The van der Waals surface area contributed by atoms with Crippen molar-refractivity contribution in [2.24, 2.45) is 0 Å². The van der Waals surface area contributed by atoms with Crippen LogP contribution in [0.25, 0.3) is 5.57 Å². The van der Waals surface area contributed by atoms with Crippen LogP contribution in [0, 0.1) is 0 Å². The molecule has 0 bridgehead atoms. The fraction of sp³-hybridized carbons (Fsp3) is 0.385. The van der Waals surface area contributed by atoms with Crippen LogP contribution in [-0.4, -0.2) is 42.9 Å². The van der Waals surface area contributed by atoms with Crippen molar-refractivity contribution >= 4 is 40.5 Å². The van der Waals surface area contributed by atoms with Gasteiger partial charge in [0, 0.05) is 22.9 Å². The van der Waals surface area contributed by atoms with E-state index in [4.69, 9.17) is 14.2 Å². The van der Waals surface area contributed by atoms with Crippen LogP contribution in [0.15, 0.2) is 36.4 Å². The molecule has 1 unspecified atom stereocenters. The van der Waals surface area contributed by atoms with Crippen molar-refractivity contribution in [1.29, 1.82) is 0 Å². The minimum absolute atomic E-state index is 0.114. The molecule has 0 radical (unpaired) electrons. The molecule has 4 heterocycles. The van der Waals surface area contributed by atoms with Gasteiger partial charge >= 0.3 is 0 Å². The molecule has 4 aliphatic rings. The van der Waals surface area contributed by atoms with Gasteiger partial charge in [-0.2, -0.15) is 0 Å². The number of nitrogens with zero attached hydrogens (tertiary/aromatic N) is 2. The zero-order valence-electron chi connectivity index (χ0n) is 19.6. The SMILES string of the molecule is CCOc1cc2c3c(c1)C1(SCC(=O)N1c1ccc4c(c1)OCCO4)C(=O)N3C(C)(C)C=C2C. The van der Waals surface area contributed by atoms with Crippen molar-refractivity contribution in [3.63, 3.8) is 0 Å². The van der Waals surface area contributed by atoms with Gasteiger partial charge in [0.1, 0.15) is 19.0 Å². The summed E-state index contributed by atoms with van der Waals surface area (Å²) in [6.07, 6.45) is 2.11. The molecule has 0 aromatic heterocycles. The van der Waals surface area contributed by atoms with Gasteiger partial charge in [-0.05, 0) is 57.5 Å². The maximum Gasteiger partial charge on any atom is 0.269 e. The molecule has 1 atom stereocenters. The third kappa shape index (κ3) is 2.72. The van der Waals surface area contributed by atoms with Gasteiger partial charge in [-0.15, -0.1) is 11.8 Å². The van der Waals surface area contributed by atoms with E-state index in [1.165, 1.54) is 11.8 Å². The van der Waals surface area contributed by atoms with Crippen LogP contribution in [0.1, 0.15) is 38.8 Å². The monoisotopic (exact) mass is 478 g/mol. The minimum Gasteiger partial charge on any atom is -0.494 e. The number of carbonyl (C=O) groups is 2. The maximum absolute atomic E-state index is 14.4. The van der Waals surface area contributed by atoms with Crippen molar-refractivity contribution in [2.45, 2.75) is 38.1 Å². The van der Waals surface area contributed by atoms with E-state index in [-0.39, 0.29) is 17.6 Å². The highest BCUT2D eigenvalue weighted by Gasteiger charge is 2.64. The first-order valence-electron chi connectivity index (χ1n) is 11.5. The van der Waals surface area contributed by atoms with E-state index in [0.29, 0.717) is 42.8 Å². The summed E-state index contributed by atoms with van der Waals surface area (Å²) in [5.74, 6) is 1.89. The number of carbonyl (C=O) groups excluding carboxylic acids is 2. The highest BCUT2D eigenvalue weighted by atomic mass is 32.2. The zero-order valence-corrected chi connectivity index (χ0v) is 20.5. The number of fused-ring (bicyclic) bond motifs is 2. The van der Waals surface area contributed by atoms with E-state index in [1.54, 1.807) is 11.0 Å². The summed E-state index contributed by atoms with van der Waals surface area (Å²) in [6.45, 7) is 9.51. The topological polar surface area (TPSA) is 68.3 Å². The molecule has 7 nitrogen and oxygen atoms in total. The van der Waals surface area contributed by atoms with Crippen molar-refractivity contribution in [3.05, 3.63) is 47.5 Å². The largest absolute Gasteiger partial charge is 0.494 e. The van der Waals surface area contributed by atoms with Gasteiger partial charge in [0.25, 0.3) is 5.91 Å². The van der Waals surface area contributed by atoms with Gasteiger partial charge in [-0.1, -0.05) is 6.08 Å². The molecule has 0 N–H and O–H groups in total. The Bertz CT molecular complexity index is 1290. The molecule has 2 amide bonds. The molecule has 2 aromatic rings. The highest BCUT2D eigenvalue weighted by molar-refractivity contribution is 8.02. The molecule has 1 fully saturated rings. The molecule has 8 heteroatoms. The quantitative estimate of drug-likeness (QED) is 0.654. The molecule has 1 saturated heterocycles. The summed E-state index contributed by atoms with van der Waals surface area (Å²) in [4.78, 5) is 30.1. The van der Waals surface area contributed by atoms with Crippen LogP contribution in [0.5, 0.6) is 17.2 Å². The Morgan fingerprint density at radius 2 is 1.82 bits per heavy atom. The van der Waals surface area contributed by atoms with E-state index in [1.807, 2.05) is 49.9 Å². The number of anilines is 2. The van der Waals surface area contributed by atoms with Crippen LogP contribution in [0.3, 0.4) is 0 Å². The van der Waals surface area contributed by atoms with Crippen molar-refractivity contribution in [1.82, 2.24) is 0 Å². The first-order chi connectivity index (χ1) is 16.3. The molecule has 0 saturated carbocycles. The van der Waals surface area contributed by atoms with Gasteiger partial charge in [-0.3, -0.25) is 19.4 Å². The molecule has 34 heavy (non-hydrogen) atoms. The Labute approximate surface area is 202 Å². The second-order valence-electron chi connectivity index (χ2n) is 9.41. The fourth-order valence-corrected chi connectivity index (χ4v) is 6.90. The number of rotatable bonds is 3. The Balaban J connectivity index is 1.60. The number of benzene rings is 2. The molecule has 2 aromatic carbocycles. The lowest BCUT2D eigenvalue weighted by Gasteiger charge is -2.40. The second-order valence-corrected chi connectivity index (χ2v) is 10.6. The summed E-state index contributed by atoms with van der Waals surface area (Å²) in [5.41, 5.74) is 3.79. The lowest BCUT2D eigenvalue weighted by Crippen LogP contribution is -2.54. The number of thioether (sulfide) groups is 1.